The third-order valence-corrected chi connectivity index (χ3v) is 4.95. The highest BCUT2D eigenvalue weighted by Gasteiger charge is 2.20. The van der Waals surface area contributed by atoms with Crippen molar-refractivity contribution < 1.29 is 4.74 Å². The summed E-state index contributed by atoms with van der Waals surface area (Å²) in [4.78, 5) is 22.0. The number of nitrogens with zero attached hydrogens (tertiary/aromatic N) is 1. The summed E-state index contributed by atoms with van der Waals surface area (Å²) in [5.41, 5.74) is 1.26. The summed E-state index contributed by atoms with van der Waals surface area (Å²) >= 11 is 1.69. The Kier molecular flexibility index (Phi) is 4.67. The van der Waals surface area contributed by atoms with Gasteiger partial charge in [-0.25, -0.2) is 4.98 Å². The van der Waals surface area contributed by atoms with Crippen LogP contribution >= 0.6 is 11.3 Å². The van der Waals surface area contributed by atoms with Crippen LogP contribution in [-0.2, 0) is 24.1 Å². The van der Waals surface area contributed by atoms with E-state index in [1.54, 1.807) is 11.3 Å². The van der Waals surface area contributed by atoms with Gasteiger partial charge in [0.2, 0.25) is 0 Å². The zero-order chi connectivity index (χ0) is 14.7. The van der Waals surface area contributed by atoms with E-state index in [1.807, 2.05) is 6.92 Å². The van der Waals surface area contributed by atoms with Gasteiger partial charge in [-0.1, -0.05) is 0 Å². The minimum absolute atomic E-state index is 0.0190. The second-order valence-electron chi connectivity index (χ2n) is 5.28. The number of fused-ring (bicyclic) bond motifs is 3. The molecule has 2 heterocycles. The molecule has 1 aliphatic carbocycles. The fourth-order valence-electron chi connectivity index (χ4n) is 2.78. The molecule has 0 aromatic carbocycles. The molecule has 0 saturated heterocycles. The Morgan fingerprint density at radius 1 is 1.43 bits per heavy atom. The molecule has 0 saturated carbocycles. The van der Waals surface area contributed by atoms with Crippen LogP contribution in [0.1, 0.15) is 36.0 Å². The van der Waals surface area contributed by atoms with E-state index in [0.717, 1.165) is 55.1 Å². The molecule has 114 valence electrons. The third-order valence-electron chi connectivity index (χ3n) is 3.76. The molecular weight excluding hydrogens is 286 g/mol. The van der Waals surface area contributed by atoms with Crippen molar-refractivity contribution in [2.45, 2.75) is 39.2 Å². The van der Waals surface area contributed by atoms with Gasteiger partial charge in [0.25, 0.3) is 5.56 Å². The second kappa shape index (κ2) is 6.68. The van der Waals surface area contributed by atoms with Gasteiger partial charge in [0.15, 0.2) is 0 Å². The van der Waals surface area contributed by atoms with Gasteiger partial charge < -0.3 is 15.0 Å². The second-order valence-corrected chi connectivity index (χ2v) is 6.36. The number of aromatic nitrogens is 2. The summed E-state index contributed by atoms with van der Waals surface area (Å²) in [5.74, 6) is 0.726. The summed E-state index contributed by atoms with van der Waals surface area (Å²) in [6, 6.07) is 0. The van der Waals surface area contributed by atoms with E-state index in [-0.39, 0.29) is 5.56 Å². The summed E-state index contributed by atoms with van der Waals surface area (Å²) in [6.07, 6.45) is 4.25. The third kappa shape index (κ3) is 3.17. The van der Waals surface area contributed by atoms with Crippen molar-refractivity contribution >= 4 is 21.6 Å². The largest absolute Gasteiger partial charge is 0.382 e. The molecule has 0 fully saturated rings. The summed E-state index contributed by atoms with van der Waals surface area (Å²) < 4.78 is 5.29. The van der Waals surface area contributed by atoms with Crippen molar-refractivity contribution in [3.63, 3.8) is 0 Å². The molecule has 0 bridgehead atoms. The molecule has 6 heteroatoms. The van der Waals surface area contributed by atoms with Crippen LogP contribution in [0.5, 0.6) is 0 Å². The lowest BCUT2D eigenvalue weighted by Gasteiger charge is -2.05. The number of aromatic amines is 1. The van der Waals surface area contributed by atoms with Gasteiger partial charge in [0.05, 0.1) is 11.9 Å². The maximum Gasteiger partial charge on any atom is 0.259 e. The Bertz CT molecular complexity index is 677. The maximum atomic E-state index is 12.3. The first-order valence-corrected chi connectivity index (χ1v) is 8.43. The van der Waals surface area contributed by atoms with Crippen LogP contribution in [-0.4, -0.2) is 29.7 Å². The Balaban J connectivity index is 1.66. The van der Waals surface area contributed by atoms with Gasteiger partial charge in [0.1, 0.15) is 10.7 Å². The van der Waals surface area contributed by atoms with Crippen molar-refractivity contribution in [1.82, 2.24) is 15.3 Å². The summed E-state index contributed by atoms with van der Waals surface area (Å²) in [5, 5.41) is 4.12. The number of ether oxygens (including phenoxy) is 1. The Morgan fingerprint density at radius 3 is 3.19 bits per heavy atom. The fourth-order valence-corrected chi connectivity index (χ4v) is 4.06. The standard InChI is InChI=1S/C15H21N3O2S/c1-2-20-8-4-7-16-9-12-17-14(19)13-10-5-3-6-11(10)21-15(13)18-12/h16H,2-9H2,1H3,(H,17,18,19). The van der Waals surface area contributed by atoms with Crippen LogP contribution in [0.3, 0.4) is 0 Å². The van der Waals surface area contributed by atoms with E-state index in [1.165, 1.54) is 16.9 Å². The van der Waals surface area contributed by atoms with Crippen LogP contribution in [0.4, 0.5) is 0 Å². The minimum atomic E-state index is 0.0190. The Labute approximate surface area is 127 Å². The first kappa shape index (κ1) is 14.7. The molecule has 0 atom stereocenters. The number of thiophene rings is 1. The zero-order valence-corrected chi connectivity index (χ0v) is 13.1. The zero-order valence-electron chi connectivity index (χ0n) is 12.3. The number of hydrogen-bond donors (Lipinski definition) is 2. The predicted molar refractivity (Wildman–Crippen MR) is 85.1 cm³/mol. The molecule has 5 nitrogen and oxygen atoms in total. The van der Waals surface area contributed by atoms with Crippen molar-refractivity contribution in [3.05, 3.63) is 26.6 Å². The van der Waals surface area contributed by atoms with Crippen LogP contribution in [0, 0.1) is 0 Å². The maximum absolute atomic E-state index is 12.3. The van der Waals surface area contributed by atoms with Gasteiger partial charge in [-0.05, 0) is 44.7 Å². The van der Waals surface area contributed by atoms with Crippen molar-refractivity contribution in [3.8, 4) is 0 Å². The van der Waals surface area contributed by atoms with E-state index < -0.39 is 0 Å². The Morgan fingerprint density at radius 2 is 2.33 bits per heavy atom. The molecule has 2 aromatic heterocycles. The first-order chi connectivity index (χ1) is 10.3. The minimum Gasteiger partial charge on any atom is -0.382 e. The van der Waals surface area contributed by atoms with Gasteiger partial charge in [-0.15, -0.1) is 11.3 Å². The SMILES string of the molecule is CCOCCCNCc1nc2sc3c(c2c(=O)[nH]1)CCC3. The molecule has 1 aliphatic rings. The summed E-state index contributed by atoms with van der Waals surface area (Å²) in [6.45, 7) is 4.98. The van der Waals surface area contributed by atoms with Gasteiger partial charge in [-0.3, -0.25) is 4.79 Å². The van der Waals surface area contributed by atoms with Crippen molar-refractivity contribution in [2.75, 3.05) is 19.8 Å². The van der Waals surface area contributed by atoms with Crippen molar-refractivity contribution in [1.29, 1.82) is 0 Å². The van der Waals surface area contributed by atoms with Gasteiger partial charge in [-0.2, -0.15) is 0 Å². The summed E-state index contributed by atoms with van der Waals surface area (Å²) in [7, 11) is 0. The van der Waals surface area contributed by atoms with E-state index in [9.17, 15) is 4.79 Å². The first-order valence-electron chi connectivity index (χ1n) is 7.61. The lowest BCUT2D eigenvalue weighted by Crippen LogP contribution is -2.21. The molecule has 2 N–H and O–H groups in total. The number of aryl methyl sites for hydroxylation is 2. The number of nitrogens with one attached hydrogen (secondary N) is 2. The molecule has 0 amide bonds. The average molecular weight is 307 g/mol. The van der Waals surface area contributed by atoms with Crippen molar-refractivity contribution in [2.24, 2.45) is 0 Å². The van der Waals surface area contributed by atoms with Gasteiger partial charge >= 0.3 is 0 Å². The quantitative estimate of drug-likeness (QED) is 0.768. The lowest BCUT2D eigenvalue weighted by atomic mass is 10.2. The topological polar surface area (TPSA) is 67.0 Å². The Hall–Kier alpha value is -1.24. The molecule has 0 spiro atoms. The van der Waals surface area contributed by atoms with Crippen LogP contribution < -0.4 is 10.9 Å². The van der Waals surface area contributed by atoms with Crippen LogP contribution in [0.25, 0.3) is 10.2 Å². The molecule has 0 aliphatic heterocycles. The average Bonchev–Trinajstić information content (AvgIpc) is 3.02. The van der Waals surface area contributed by atoms with E-state index in [0.29, 0.717) is 6.54 Å². The molecule has 2 aromatic rings. The highest BCUT2D eigenvalue weighted by molar-refractivity contribution is 7.18. The lowest BCUT2D eigenvalue weighted by molar-refractivity contribution is 0.144. The highest BCUT2D eigenvalue weighted by Crippen LogP contribution is 2.34. The normalized spacial score (nSPS) is 14.0. The predicted octanol–water partition coefficient (Wildman–Crippen LogP) is 1.99. The van der Waals surface area contributed by atoms with E-state index in [2.05, 4.69) is 15.3 Å². The highest BCUT2D eigenvalue weighted by atomic mass is 32.1. The smallest absolute Gasteiger partial charge is 0.259 e. The number of hydrogen-bond acceptors (Lipinski definition) is 5. The van der Waals surface area contributed by atoms with Crippen LogP contribution in [0.15, 0.2) is 4.79 Å². The van der Waals surface area contributed by atoms with E-state index in [4.69, 9.17) is 4.74 Å². The van der Waals surface area contributed by atoms with Crippen LogP contribution in [0.2, 0.25) is 0 Å². The molecule has 0 unspecified atom stereocenters. The van der Waals surface area contributed by atoms with Gasteiger partial charge in [0, 0.05) is 18.1 Å². The van der Waals surface area contributed by atoms with E-state index >= 15 is 0 Å². The monoisotopic (exact) mass is 307 g/mol. The molecule has 21 heavy (non-hydrogen) atoms. The fraction of sp³-hybridized carbons (Fsp3) is 0.600. The molecule has 3 rings (SSSR count). The number of H-pyrrole nitrogens is 1. The molecule has 0 radical (unpaired) electrons. The number of rotatable bonds is 7. The molecular formula is C15H21N3O2S.